The fraction of sp³-hybridized carbons (Fsp3) is 0.353. The summed E-state index contributed by atoms with van der Waals surface area (Å²) >= 11 is 3.28. The number of rotatable bonds is 3. The van der Waals surface area contributed by atoms with Crippen LogP contribution in [0.15, 0.2) is 41.1 Å². The number of hydrogen-bond acceptors (Lipinski definition) is 4. The van der Waals surface area contributed by atoms with Gasteiger partial charge in [0.05, 0.1) is 4.47 Å². The number of aromatic nitrogens is 2. The molecule has 1 aromatic carbocycles. The second-order valence-electron chi connectivity index (χ2n) is 6.63. The molecule has 24 heavy (non-hydrogen) atoms. The number of halogens is 1. The van der Waals surface area contributed by atoms with E-state index in [0.29, 0.717) is 17.4 Å². The minimum atomic E-state index is -0.0467. The van der Waals surface area contributed by atoms with Gasteiger partial charge >= 0.3 is 12.0 Å². The largest absolute Gasteiger partial charge is 0.424 e. The van der Waals surface area contributed by atoms with E-state index < -0.39 is 0 Å². The molecule has 1 aliphatic carbocycles. The van der Waals surface area contributed by atoms with Crippen LogP contribution >= 0.6 is 15.9 Å². The van der Waals surface area contributed by atoms with Gasteiger partial charge in [-0.1, -0.05) is 6.07 Å². The molecule has 1 saturated carbocycles. The second kappa shape index (κ2) is 5.73. The molecule has 2 bridgehead atoms. The van der Waals surface area contributed by atoms with Gasteiger partial charge in [0.15, 0.2) is 0 Å². The van der Waals surface area contributed by atoms with Crippen LogP contribution in [0.4, 0.5) is 10.5 Å². The van der Waals surface area contributed by atoms with Crippen molar-refractivity contribution < 1.29 is 9.53 Å². The van der Waals surface area contributed by atoms with E-state index in [1.165, 1.54) is 0 Å². The Balaban J connectivity index is 1.44. The third-order valence-corrected chi connectivity index (χ3v) is 5.09. The number of nitrogens with zero attached hydrogens (tertiary/aromatic N) is 3. The fourth-order valence-corrected chi connectivity index (χ4v) is 3.83. The predicted molar refractivity (Wildman–Crippen MR) is 93.1 cm³/mol. The molecule has 0 radical (unpaired) electrons. The van der Waals surface area contributed by atoms with Gasteiger partial charge in [0, 0.05) is 36.2 Å². The first-order chi connectivity index (χ1) is 11.5. The smallest absolute Gasteiger partial charge is 0.322 e. The number of ether oxygens (including phenoxy) is 1. The van der Waals surface area contributed by atoms with Crippen molar-refractivity contribution in [2.75, 3.05) is 11.9 Å². The number of amides is 2. The average molecular weight is 389 g/mol. The van der Waals surface area contributed by atoms with E-state index in [2.05, 4.69) is 38.1 Å². The molecule has 1 aromatic heterocycles. The van der Waals surface area contributed by atoms with Gasteiger partial charge in [0.2, 0.25) is 0 Å². The zero-order valence-corrected chi connectivity index (χ0v) is 14.8. The lowest BCUT2D eigenvalue weighted by molar-refractivity contribution is 0.147. The van der Waals surface area contributed by atoms with Crippen LogP contribution in [0.1, 0.15) is 19.8 Å². The van der Waals surface area contributed by atoms with Crippen molar-refractivity contribution >= 4 is 27.6 Å². The summed E-state index contributed by atoms with van der Waals surface area (Å²) in [6.45, 7) is 3.01. The molecule has 5 rings (SSSR count). The van der Waals surface area contributed by atoms with Crippen molar-refractivity contribution in [2.24, 2.45) is 5.92 Å². The molecule has 0 unspecified atom stereocenters. The summed E-state index contributed by atoms with van der Waals surface area (Å²) in [6, 6.07) is 7.45. The van der Waals surface area contributed by atoms with E-state index in [0.717, 1.165) is 23.9 Å². The zero-order valence-electron chi connectivity index (χ0n) is 13.2. The molecule has 3 heterocycles. The lowest BCUT2D eigenvalue weighted by atomic mass is 9.75. The standard InChI is InChI=1S/C17H17BrN4O2/c1-17-6-11(7-17)10-22(17)16(23)21-13-3-2-4-14(5-13)24-15-19-8-12(18)9-20-15/h2-5,8-9,11H,6-7,10H2,1H3,(H,21,23). The highest BCUT2D eigenvalue weighted by atomic mass is 79.9. The molecular weight excluding hydrogens is 372 g/mol. The minimum Gasteiger partial charge on any atom is -0.424 e. The summed E-state index contributed by atoms with van der Waals surface area (Å²) in [5, 5.41) is 2.96. The first-order valence-electron chi connectivity index (χ1n) is 7.86. The number of benzene rings is 1. The highest BCUT2D eigenvalue weighted by molar-refractivity contribution is 9.10. The van der Waals surface area contributed by atoms with Crippen LogP contribution in [0.3, 0.4) is 0 Å². The highest BCUT2D eigenvalue weighted by Crippen LogP contribution is 2.50. The van der Waals surface area contributed by atoms with Crippen molar-refractivity contribution in [1.82, 2.24) is 14.9 Å². The van der Waals surface area contributed by atoms with Crippen molar-refractivity contribution in [3.8, 4) is 11.8 Å². The van der Waals surface area contributed by atoms with Crippen LogP contribution in [-0.2, 0) is 0 Å². The van der Waals surface area contributed by atoms with Crippen LogP contribution in [0.2, 0.25) is 0 Å². The summed E-state index contributed by atoms with van der Waals surface area (Å²) < 4.78 is 6.41. The topological polar surface area (TPSA) is 67.4 Å². The van der Waals surface area contributed by atoms with Crippen LogP contribution in [0.5, 0.6) is 11.8 Å². The van der Waals surface area contributed by atoms with E-state index in [9.17, 15) is 4.79 Å². The van der Waals surface area contributed by atoms with Crippen molar-refractivity contribution in [3.05, 3.63) is 41.1 Å². The fourth-order valence-electron chi connectivity index (χ4n) is 3.63. The lowest BCUT2D eigenvalue weighted by Gasteiger charge is -2.38. The number of carbonyl (C=O) groups is 1. The third kappa shape index (κ3) is 2.84. The molecule has 1 N–H and O–H groups in total. The normalized spacial score (nSPS) is 24.4. The van der Waals surface area contributed by atoms with E-state index in [4.69, 9.17) is 4.74 Å². The SMILES string of the molecule is CC12CC(CN1C(=O)Nc1cccc(Oc3ncc(Br)cn3)c1)C2. The van der Waals surface area contributed by atoms with Crippen LogP contribution in [0.25, 0.3) is 0 Å². The van der Waals surface area contributed by atoms with E-state index >= 15 is 0 Å². The number of nitrogens with one attached hydrogen (secondary N) is 1. The van der Waals surface area contributed by atoms with Gasteiger partial charge in [0.1, 0.15) is 5.75 Å². The monoisotopic (exact) mass is 388 g/mol. The Hall–Kier alpha value is -2.15. The molecular formula is C17H17BrN4O2. The Bertz CT molecular complexity index is 774. The maximum atomic E-state index is 12.5. The van der Waals surface area contributed by atoms with Gasteiger partial charge in [-0.05, 0) is 53.7 Å². The molecule has 3 aliphatic rings. The molecule has 6 nitrogen and oxygen atoms in total. The van der Waals surface area contributed by atoms with Gasteiger partial charge in [-0.15, -0.1) is 0 Å². The first-order valence-corrected chi connectivity index (χ1v) is 8.65. The van der Waals surface area contributed by atoms with Crippen LogP contribution < -0.4 is 10.1 Å². The van der Waals surface area contributed by atoms with Crippen molar-refractivity contribution in [1.29, 1.82) is 0 Å². The molecule has 2 aromatic rings. The lowest BCUT2D eigenvalue weighted by Crippen LogP contribution is -2.47. The maximum Gasteiger partial charge on any atom is 0.322 e. The molecule has 7 heteroatoms. The number of fused-ring (bicyclic) bond motifs is 1. The summed E-state index contributed by atoms with van der Waals surface area (Å²) in [6.07, 6.45) is 5.47. The van der Waals surface area contributed by atoms with Gasteiger partial charge < -0.3 is 15.0 Å². The second-order valence-corrected chi connectivity index (χ2v) is 7.54. The molecule has 2 amide bonds. The molecule has 2 saturated heterocycles. The molecule has 0 spiro atoms. The predicted octanol–water partition coefficient (Wildman–Crippen LogP) is 4.05. The Morgan fingerprint density at radius 2 is 2.12 bits per heavy atom. The van der Waals surface area contributed by atoms with Crippen LogP contribution in [0, 0.1) is 5.92 Å². The molecule has 124 valence electrons. The number of carbonyl (C=O) groups excluding carboxylic acids is 1. The van der Waals surface area contributed by atoms with Crippen molar-refractivity contribution in [3.63, 3.8) is 0 Å². The number of anilines is 1. The number of urea groups is 1. The Morgan fingerprint density at radius 1 is 1.38 bits per heavy atom. The molecule has 0 atom stereocenters. The molecule has 3 fully saturated rings. The van der Waals surface area contributed by atoms with E-state index in [-0.39, 0.29) is 17.6 Å². The van der Waals surface area contributed by atoms with E-state index in [1.807, 2.05) is 17.0 Å². The Morgan fingerprint density at radius 3 is 2.79 bits per heavy atom. The summed E-state index contributed by atoms with van der Waals surface area (Å²) in [4.78, 5) is 22.6. The zero-order chi connectivity index (χ0) is 16.7. The van der Waals surface area contributed by atoms with Gasteiger partial charge in [-0.3, -0.25) is 0 Å². The quantitative estimate of drug-likeness (QED) is 0.860. The summed E-state index contributed by atoms with van der Waals surface area (Å²) in [7, 11) is 0. The van der Waals surface area contributed by atoms with Gasteiger partial charge in [-0.25, -0.2) is 14.8 Å². The van der Waals surface area contributed by atoms with E-state index in [1.54, 1.807) is 24.5 Å². The summed E-state index contributed by atoms with van der Waals surface area (Å²) in [5.74, 6) is 1.25. The molecule has 2 aliphatic heterocycles. The maximum absolute atomic E-state index is 12.5. The Kier molecular flexibility index (Phi) is 3.68. The Labute approximate surface area is 148 Å². The van der Waals surface area contributed by atoms with Gasteiger partial charge in [-0.2, -0.15) is 0 Å². The summed E-state index contributed by atoms with van der Waals surface area (Å²) in [5.41, 5.74) is 0.732. The third-order valence-electron chi connectivity index (χ3n) is 4.69. The minimum absolute atomic E-state index is 0.0358. The van der Waals surface area contributed by atoms with Gasteiger partial charge in [0.25, 0.3) is 0 Å². The first kappa shape index (κ1) is 15.4. The number of hydrogen-bond donors (Lipinski definition) is 1. The highest BCUT2D eigenvalue weighted by Gasteiger charge is 2.54. The van der Waals surface area contributed by atoms with Crippen LogP contribution in [-0.4, -0.2) is 33.0 Å². The van der Waals surface area contributed by atoms with Crippen molar-refractivity contribution in [2.45, 2.75) is 25.3 Å². The average Bonchev–Trinajstić information content (AvgIpc) is 3.03.